The first-order chi connectivity index (χ1) is 6.18. The van der Waals surface area contributed by atoms with E-state index in [1.54, 1.807) is 0 Å². The van der Waals surface area contributed by atoms with Gasteiger partial charge in [0.2, 0.25) is 0 Å². The van der Waals surface area contributed by atoms with Crippen LogP contribution in [-0.2, 0) is 9.53 Å². The van der Waals surface area contributed by atoms with Crippen molar-refractivity contribution in [1.82, 2.24) is 5.32 Å². The van der Waals surface area contributed by atoms with Crippen molar-refractivity contribution in [2.24, 2.45) is 5.92 Å². The highest BCUT2D eigenvalue weighted by atomic mass is 16.5. The molecule has 2 rings (SSSR count). The van der Waals surface area contributed by atoms with Gasteiger partial charge in [0.25, 0.3) is 0 Å². The van der Waals surface area contributed by atoms with Gasteiger partial charge in [-0.1, -0.05) is 0 Å². The summed E-state index contributed by atoms with van der Waals surface area (Å²) in [5, 5.41) is 2.63. The van der Waals surface area contributed by atoms with Crippen LogP contribution in [0.4, 0.5) is 4.79 Å². The number of rotatable bonds is 3. The van der Waals surface area contributed by atoms with E-state index in [9.17, 15) is 9.59 Å². The molecule has 72 valence electrons. The zero-order valence-corrected chi connectivity index (χ0v) is 7.63. The van der Waals surface area contributed by atoms with Crippen molar-refractivity contribution >= 4 is 11.9 Å². The normalized spacial score (nSPS) is 23.5. The zero-order chi connectivity index (χ0) is 9.47. The molecule has 0 aromatic heterocycles. The van der Waals surface area contributed by atoms with Crippen LogP contribution < -0.4 is 5.32 Å². The van der Waals surface area contributed by atoms with Crippen molar-refractivity contribution in [1.29, 1.82) is 0 Å². The zero-order valence-electron chi connectivity index (χ0n) is 7.63. The lowest BCUT2D eigenvalue weighted by atomic mass is 10.1. The number of ether oxygens (including phenoxy) is 1. The Morgan fingerprint density at radius 3 is 2.38 bits per heavy atom. The molecule has 4 heteroatoms. The average Bonchev–Trinajstić information content (AvgIpc) is 2.98. The van der Waals surface area contributed by atoms with Gasteiger partial charge in [0, 0.05) is 5.92 Å². The van der Waals surface area contributed by atoms with E-state index in [1.807, 2.05) is 0 Å². The maximum absolute atomic E-state index is 11.7. The molecule has 0 bridgehead atoms. The average molecular weight is 183 g/mol. The molecule has 0 aromatic rings. The van der Waals surface area contributed by atoms with Gasteiger partial charge in [-0.3, -0.25) is 4.79 Å². The first-order valence-corrected chi connectivity index (χ1v) is 4.58. The molecule has 13 heavy (non-hydrogen) atoms. The first-order valence-electron chi connectivity index (χ1n) is 4.58. The number of alkyl carbamates (subject to hydrolysis) is 1. The van der Waals surface area contributed by atoms with Crippen molar-refractivity contribution in [2.75, 3.05) is 7.11 Å². The SMILES string of the molecule is COC(=O)NC1(C(=O)C2CC2)CC1. The van der Waals surface area contributed by atoms with Crippen LogP contribution in [0.15, 0.2) is 0 Å². The van der Waals surface area contributed by atoms with E-state index in [0.717, 1.165) is 25.7 Å². The monoisotopic (exact) mass is 183 g/mol. The van der Waals surface area contributed by atoms with Gasteiger partial charge in [-0.15, -0.1) is 0 Å². The Bertz CT molecular complexity index is 254. The maximum Gasteiger partial charge on any atom is 0.407 e. The standard InChI is InChI=1S/C9H13NO3/c1-13-8(12)10-9(4-5-9)7(11)6-2-3-6/h6H,2-5H2,1H3,(H,10,12). The van der Waals surface area contributed by atoms with E-state index in [2.05, 4.69) is 10.1 Å². The van der Waals surface area contributed by atoms with Crippen LogP contribution in [-0.4, -0.2) is 24.5 Å². The van der Waals surface area contributed by atoms with Crippen LogP contribution in [0.5, 0.6) is 0 Å². The molecule has 0 radical (unpaired) electrons. The Labute approximate surface area is 76.6 Å². The molecule has 0 saturated heterocycles. The van der Waals surface area contributed by atoms with Crippen molar-refractivity contribution in [3.05, 3.63) is 0 Å². The third-order valence-corrected chi connectivity index (χ3v) is 2.70. The Morgan fingerprint density at radius 1 is 1.38 bits per heavy atom. The summed E-state index contributed by atoms with van der Waals surface area (Å²) >= 11 is 0. The second-order valence-electron chi connectivity index (χ2n) is 3.84. The summed E-state index contributed by atoms with van der Waals surface area (Å²) in [6.07, 6.45) is 3.04. The van der Waals surface area contributed by atoms with Gasteiger partial charge in [0.1, 0.15) is 5.54 Å². The Hall–Kier alpha value is -1.06. The van der Waals surface area contributed by atoms with Gasteiger partial charge in [-0.05, 0) is 25.7 Å². The number of hydrogen-bond donors (Lipinski definition) is 1. The van der Waals surface area contributed by atoms with Crippen LogP contribution >= 0.6 is 0 Å². The van der Waals surface area contributed by atoms with Gasteiger partial charge in [-0.2, -0.15) is 0 Å². The van der Waals surface area contributed by atoms with Gasteiger partial charge in [0.05, 0.1) is 7.11 Å². The summed E-state index contributed by atoms with van der Waals surface area (Å²) < 4.78 is 4.47. The van der Waals surface area contributed by atoms with Gasteiger partial charge < -0.3 is 10.1 Å². The summed E-state index contributed by atoms with van der Waals surface area (Å²) in [6.45, 7) is 0. The van der Waals surface area contributed by atoms with Crippen LogP contribution in [0.25, 0.3) is 0 Å². The highest BCUT2D eigenvalue weighted by Gasteiger charge is 2.55. The molecule has 2 aliphatic rings. The summed E-state index contributed by atoms with van der Waals surface area (Å²) in [4.78, 5) is 22.6. The van der Waals surface area contributed by atoms with E-state index in [1.165, 1.54) is 7.11 Å². The number of nitrogens with one attached hydrogen (secondary N) is 1. The minimum atomic E-state index is -0.547. The van der Waals surface area contributed by atoms with Crippen molar-refractivity contribution < 1.29 is 14.3 Å². The Balaban J connectivity index is 1.95. The van der Waals surface area contributed by atoms with Crippen LogP contribution in [0.1, 0.15) is 25.7 Å². The van der Waals surface area contributed by atoms with Gasteiger partial charge in [-0.25, -0.2) is 4.79 Å². The highest BCUT2D eigenvalue weighted by molar-refractivity contribution is 5.97. The van der Waals surface area contributed by atoms with Crippen LogP contribution in [0.3, 0.4) is 0 Å². The number of ketones is 1. The second-order valence-corrected chi connectivity index (χ2v) is 3.84. The Morgan fingerprint density at radius 2 is 2.00 bits per heavy atom. The maximum atomic E-state index is 11.7. The molecule has 1 amide bonds. The molecular weight excluding hydrogens is 170 g/mol. The molecule has 0 aliphatic heterocycles. The lowest BCUT2D eigenvalue weighted by Gasteiger charge is -2.14. The molecular formula is C9H13NO3. The lowest BCUT2D eigenvalue weighted by Crippen LogP contribution is -2.43. The number of hydrogen-bond acceptors (Lipinski definition) is 3. The van der Waals surface area contributed by atoms with Crippen molar-refractivity contribution in [2.45, 2.75) is 31.2 Å². The minimum absolute atomic E-state index is 0.206. The summed E-state index contributed by atoms with van der Waals surface area (Å²) in [7, 11) is 1.31. The quantitative estimate of drug-likeness (QED) is 0.705. The number of carbonyl (C=O) groups is 2. The van der Waals surface area contributed by atoms with Crippen molar-refractivity contribution in [3.8, 4) is 0 Å². The smallest absolute Gasteiger partial charge is 0.407 e. The molecule has 4 nitrogen and oxygen atoms in total. The predicted octanol–water partition coefficient (Wildman–Crippen LogP) is 0.854. The molecule has 2 aliphatic carbocycles. The fraction of sp³-hybridized carbons (Fsp3) is 0.778. The summed E-state index contributed by atoms with van der Waals surface area (Å²) in [6, 6.07) is 0. The number of Topliss-reactive ketones (excluding diaryl/α,β-unsaturated/α-hetero) is 1. The van der Waals surface area contributed by atoms with Gasteiger partial charge in [0.15, 0.2) is 5.78 Å². The van der Waals surface area contributed by atoms with Gasteiger partial charge >= 0.3 is 6.09 Å². The minimum Gasteiger partial charge on any atom is -0.453 e. The van der Waals surface area contributed by atoms with E-state index in [0.29, 0.717) is 0 Å². The molecule has 1 N–H and O–H groups in total. The molecule has 0 unspecified atom stereocenters. The van der Waals surface area contributed by atoms with Crippen LogP contribution in [0.2, 0.25) is 0 Å². The number of amides is 1. The summed E-state index contributed by atoms with van der Waals surface area (Å²) in [5.74, 6) is 0.414. The largest absolute Gasteiger partial charge is 0.453 e. The topological polar surface area (TPSA) is 55.4 Å². The highest BCUT2D eigenvalue weighted by Crippen LogP contribution is 2.44. The third-order valence-electron chi connectivity index (χ3n) is 2.70. The van der Waals surface area contributed by atoms with E-state index in [-0.39, 0.29) is 11.7 Å². The molecule has 0 atom stereocenters. The fourth-order valence-electron chi connectivity index (χ4n) is 1.54. The first kappa shape index (κ1) is 8.53. The van der Waals surface area contributed by atoms with Crippen molar-refractivity contribution in [3.63, 3.8) is 0 Å². The molecule has 2 fully saturated rings. The Kier molecular flexibility index (Phi) is 1.78. The fourth-order valence-corrected chi connectivity index (χ4v) is 1.54. The number of carbonyl (C=O) groups excluding carboxylic acids is 2. The summed E-state index contributed by atoms with van der Waals surface area (Å²) in [5.41, 5.74) is -0.547. The molecule has 2 saturated carbocycles. The second kappa shape index (κ2) is 2.72. The number of methoxy groups -OCH3 is 1. The third kappa shape index (κ3) is 1.53. The lowest BCUT2D eigenvalue weighted by molar-refractivity contribution is -0.123. The molecule has 0 aromatic carbocycles. The molecule has 0 spiro atoms. The van der Waals surface area contributed by atoms with Crippen LogP contribution in [0, 0.1) is 5.92 Å². The van der Waals surface area contributed by atoms with E-state index in [4.69, 9.17) is 0 Å². The van der Waals surface area contributed by atoms with E-state index < -0.39 is 11.6 Å². The van der Waals surface area contributed by atoms with E-state index >= 15 is 0 Å². The molecule has 0 heterocycles. The predicted molar refractivity (Wildman–Crippen MR) is 45.2 cm³/mol.